The average molecular weight is 269 g/mol. The number of aromatic nitrogens is 1. The number of hydrogen-bond donors (Lipinski definition) is 1. The Kier molecular flexibility index (Phi) is 5.04. The molecular formula is C13H17ClN2O2. The minimum absolute atomic E-state index is 0. The number of carbonyl (C=O) groups is 1. The highest BCUT2D eigenvalue weighted by molar-refractivity contribution is 5.85. The molecule has 5 heteroatoms. The Balaban J connectivity index is 0.00000162. The second-order valence-corrected chi connectivity index (χ2v) is 3.77. The second kappa shape index (κ2) is 6.31. The highest BCUT2D eigenvalue weighted by Crippen LogP contribution is 2.20. The van der Waals surface area contributed by atoms with Gasteiger partial charge in [-0.15, -0.1) is 12.4 Å². The number of carbonyl (C=O) groups excluding carboxylic acids is 1. The molecule has 0 saturated carbocycles. The van der Waals surface area contributed by atoms with Gasteiger partial charge in [0.15, 0.2) is 0 Å². The summed E-state index contributed by atoms with van der Waals surface area (Å²) in [6, 6.07) is 8.04. The summed E-state index contributed by atoms with van der Waals surface area (Å²) in [5.41, 5.74) is 2.10. The van der Waals surface area contributed by atoms with E-state index >= 15 is 0 Å². The van der Waals surface area contributed by atoms with Gasteiger partial charge in [-0.2, -0.15) is 0 Å². The summed E-state index contributed by atoms with van der Waals surface area (Å²) in [6.45, 7) is 2.49. The lowest BCUT2D eigenvalue weighted by Crippen LogP contribution is -2.12. The molecule has 98 valence electrons. The molecule has 18 heavy (non-hydrogen) atoms. The molecule has 0 aliphatic heterocycles. The molecule has 1 N–H and O–H groups in total. The van der Waals surface area contributed by atoms with Crippen molar-refractivity contribution in [3.05, 3.63) is 30.5 Å². The van der Waals surface area contributed by atoms with Gasteiger partial charge in [0.2, 0.25) is 0 Å². The number of hydrogen-bond acceptors (Lipinski definition) is 3. The van der Waals surface area contributed by atoms with Crippen LogP contribution in [-0.4, -0.2) is 24.2 Å². The molecule has 0 aliphatic rings. The molecule has 2 aromatic rings. The Morgan fingerprint density at radius 1 is 1.39 bits per heavy atom. The number of esters is 1. The van der Waals surface area contributed by atoms with E-state index in [1.807, 2.05) is 42.9 Å². The van der Waals surface area contributed by atoms with Gasteiger partial charge in [-0.05, 0) is 31.2 Å². The first-order valence-electron chi connectivity index (χ1n) is 5.67. The third-order valence-electron chi connectivity index (χ3n) is 2.66. The van der Waals surface area contributed by atoms with Crippen LogP contribution >= 0.6 is 12.4 Å². The Bertz CT molecular complexity index is 537. The van der Waals surface area contributed by atoms with E-state index in [4.69, 9.17) is 4.74 Å². The van der Waals surface area contributed by atoms with Gasteiger partial charge in [0.25, 0.3) is 0 Å². The molecule has 1 aromatic heterocycles. The number of rotatable bonds is 4. The van der Waals surface area contributed by atoms with Crippen LogP contribution in [-0.2, 0) is 16.1 Å². The molecule has 0 atom stereocenters. The van der Waals surface area contributed by atoms with Crippen LogP contribution in [0.2, 0.25) is 0 Å². The lowest BCUT2D eigenvalue weighted by molar-refractivity contribution is -0.143. The maximum absolute atomic E-state index is 11.4. The van der Waals surface area contributed by atoms with E-state index in [1.54, 1.807) is 0 Å². The lowest BCUT2D eigenvalue weighted by Gasteiger charge is -2.05. The van der Waals surface area contributed by atoms with Crippen molar-refractivity contribution in [2.24, 2.45) is 0 Å². The summed E-state index contributed by atoms with van der Waals surface area (Å²) in [7, 11) is 1.89. The first-order valence-corrected chi connectivity index (χ1v) is 5.67. The zero-order valence-corrected chi connectivity index (χ0v) is 11.3. The highest BCUT2D eigenvalue weighted by Gasteiger charge is 2.06. The van der Waals surface area contributed by atoms with E-state index in [-0.39, 0.29) is 24.9 Å². The largest absolute Gasteiger partial charge is 0.465 e. The van der Waals surface area contributed by atoms with Crippen molar-refractivity contribution in [2.45, 2.75) is 13.5 Å². The molecule has 0 unspecified atom stereocenters. The zero-order valence-electron chi connectivity index (χ0n) is 10.5. The van der Waals surface area contributed by atoms with Gasteiger partial charge in [-0.1, -0.05) is 0 Å². The highest BCUT2D eigenvalue weighted by atomic mass is 35.5. The van der Waals surface area contributed by atoms with Gasteiger partial charge in [0.05, 0.1) is 6.61 Å². The summed E-state index contributed by atoms with van der Waals surface area (Å²) in [6.07, 6.45) is 1.90. The average Bonchev–Trinajstić information content (AvgIpc) is 2.72. The van der Waals surface area contributed by atoms with Crippen LogP contribution in [0.3, 0.4) is 0 Å². The normalized spacial score (nSPS) is 9.89. The number of fused-ring (bicyclic) bond motifs is 1. The van der Waals surface area contributed by atoms with Crippen molar-refractivity contribution in [3.8, 4) is 0 Å². The van der Waals surface area contributed by atoms with Crippen molar-refractivity contribution >= 4 is 35.0 Å². The quantitative estimate of drug-likeness (QED) is 0.867. The van der Waals surface area contributed by atoms with Crippen LogP contribution < -0.4 is 5.32 Å². The van der Waals surface area contributed by atoms with Crippen LogP contribution in [0.4, 0.5) is 5.69 Å². The molecule has 0 fully saturated rings. The maximum atomic E-state index is 11.4. The monoisotopic (exact) mass is 268 g/mol. The van der Waals surface area contributed by atoms with E-state index in [0.717, 1.165) is 16.6 Å². The number of benzene rings is 1. The minimum atomic E-state index is -0.206. The van der Waals surface area contributed by atoms with Crippen molar-refractivity contribution in [1.29, 1.82) is 0 Å². The summed E-state index contributed by atoms with van der Waals surface area (Å²) in [5, 5.41) is 4.20. The Morgan fingerprint density at radius 3 is 2.83 bits per heavy atom. The van der Waals surface area contributed by atoms with Gasteiger partial charge in [0, 0.05) is 29.8 Å². The van der Waals surface area contributed by atoms with Crippen molar-refractivity contribution < 1.29 is 9.53 Å². The molecule has 0 amide bonds. The summed E-state index contributed by atoms with van der Waals surface area (Å²) >= 11 is 0. The predicted molar refractivity (Wildman–Crippen MR) is 75.4 cm³/mol. The van der Waals surface area contributed by atoms with Crippen LogP contribution in [0.15, 0.2) is 30.5 Å². The molecule has 0 spiro atoms. The van der Waals surface area contributed by atoms with Crippen LogP contribution in [0.5, 0.6) is 0 Å². The molecule has 0 bridgehead atoms. The van der Waals surface area contributed by atoms with Gasteiger partial charge in [-0.25, -0.2) is 0 Å². The fourth-order valence-electron chi connectivity index (χ4n) is 1.84. The van der Waals surface area contributed by atoms with Crippen LogP contribution in [0, 0.1) is 0 Å². The smallest absolute Gasteiger partial charge is 0.325 e. The zero-order chi connectivity index (χ0) is 12.3. The molecule has 1 aromatic carbocycles. The molecule has 2 rings (SSSR count). The van der Waals surface area contributed by atoms with Crippen LogP contribution in [0.1, 0.15) is 6.92 Å². The number of ether oxygens (including phenoxy) is 1. The fraction of sp³-hybridized carbons (Fsp3) is 0.308. The number of anilines is 1. The summed E-state index contributed by atoms with van der Waals surface area (Å²) < 4.78 is 6.83. The molecular weight excluding hydrogens is 252 g/mol. The fourth-order valence-corrected chi connectivity index (χ4v) is 1.84. The third-order valence-corrected chi connectivity index (χ3v) is 2.66. The molecule has 0 aliphatic carbocycles. The van der Waals surface area contributed by atoms with E-state index in [0.29, 0.717) is 6.61 Å². The van der Waals surface area contributed by atoms with E-state index < -0.39 is 0 Å². The summed E-state index contributed by atoms with van der Waals surface area (Å²) in [4.78, 5) is 11.4. The number of nitrogens with one attached hydrogen (secondary N) is 1. The Morgan fingerprint density at radius 2 is 2.17 bits per heavy atom. The Labute approximate surface area is 112 Å². The van der Waals surface area contributed by atoms with Crippen LogP contribution in [0.25, 0.3) is 10.9 Å². The third kappa shape index (κ3) is 2.96. The van der Waals surface area contributed by atoms with E-state index in [9.17, 15) is 4.79 Å². The molecule has 1 heterocycles. The van der Waals surface area contributed by atoms with E-state index in [2.05, 4.69) is 11.4 Å². The Hall–Kier alpha value is -1.68. The topological polar surface area (TPSA) is 43.3 Å². The van der Waals surface area contributed by atoms with E-state index in [1.165, 1.54) is 0 Å². The maximum Gasteiger partial charge on any atom is 0.325 e. The van der Waals surface area contributed by atoms with Gasteiger partial charge < -0.3 is 14.6 Å². The first-order chi connectivity index (χ1) is 8.24. The molecule has 0 radical (unpaired) electrons. The van der Waals surface area contributed by atoms with Gasteiger partial charge in [0.1, 0.15) is 6.54 Å². The second-order valence-electron chi connectivity index (χ2n) is 3.77. The van der Waals surface area contributed by atoms with Gasteiger partial charge in [-0.3, -0.25) is 4.79 Å². The standard InChI is InChI=1S/C13H16N2O2.ClH/c1-3-17-13(16)9-15-7-6-10-8-11(14-2)4-5-12(10)15;/h4-8,14H,3,9H2,1-2H3;1H. The predicted octanol–water partition coefficient (Wildman–Crippen LogP) is 2.67. The summed E-state index contributed by atoms with van der Waals surface area (Å²) in [5.74, 6) is -0.206. The number of halogens is 1. The van der Waals surface area contributed by atoms with Crippen molar-refractivity contribution in [3.63, 3.8) is 0 Å². The SMILES string of the molecule is CCOC(=O)Cn1ccc2cc(NC)ccc21.Cl. The van der Waals surface area contributed by atoms with Gasteiger partial charge >= 0.3 is 5.97 Å². The number of nitrogens with zero attached hydrogens (tertiary/aromatic N) is 1. The lowest BCUT2D eigenvalue weighted by atomic mass is 10.2. The van der Waals surface area contributed by atoms with Crippen molar-refractivity contribution in [2.75, 3.05) is 19.0 Å². The molecule has 0 saturated heterocycles. The van der Waals surface area contributed by atoms with Crippen molar-refractivity contribution in [1.82, 2.24) is 4.57 Å². The minimum Gasteiger partial charge on any atom is -0.465 e. The molecule has 4 nitrogen and oxygen atoms in total. The first kappa shape index (κ1) is 14.4.